The molecule has 4 heteroatoms. The van der Waals surface area contributed by atoms with E-state index >= 15 is 0 Å². The maximum atomic E-state index is 9.62. The molecule has 2 N–H and O–H groups in total. The number of halogens is 1. The molecule has 0 saturated heterocycles. The van der Waals surface area contributed by atoms with E-state index in [-0.39, 0.29) is 6.10 Å². The second kappa shape index (κ2) is 4.28. The molecule has 1 atom stereocenters. The number of aliphatic hydroxyl groups is 1. The fraction of sp³-hybridized carbons (Fsp3) is 0.500. The first-order valence-corrected chi connectivity index (χ1v) is 5.57. The zero-order chi connectivity index (χ0) is 9.97. The molecule has 0 radical (unpaired) electrons. The van der Waals surface area contributed by atoms with Crippen LogP contribution in [0.25, 0.3) is 0 Å². The van der Waals surface area contributed by atoms with Crippen molar-refractivity contribution in [2.24, 2.45) is 5.92 Å². The first-order valence-electron chi connectivity index (χ1n) is 4.78. The maximum absolute atomic E-state index is 9.62. The van der Waals surface area contributed by atoms with Crippen LogP contribution < -0.4 is 5.32 Å². The number of nitrogens with zero attached hydrogens (tertiary/aromatic N) is 1. The van der Waals surface area contributed by atoms with E-state index in [4.69, 9.17) is 0 Å². The van der Waals surface area contributed by atoms with Crippen LogP contribution in [0.4, 0.5) is 5.69 Å². The van der Waals surface area contributed by atoms with Gasteiger partial charge in [0.05, 0.1) is 18.0 Å². The average Bonchev–Trinajstić information content (AvgIpc) is 2.97. The van der Waals surface area contributed by atoms with Crippen LogP contribution in [0.5, 0.6) is 0 Å². The van der Waals surface area contributed by atoms with Gasteiger partial charge in [0.25, 0.3) is 0 Å². The summed E-state index contributed by atoms with van der Waals surface area (Å²) in [6.07, 6.45) is 5.61. The number of anilines is 1. The van der Waals surface area contributed by atoms with Crippen molar-refractivity contribution in [1.82, 2.24) is 4.98 Å². The maximum Gasteiger partial charge on any atom is 0.0740 e. The van der Waals surface area contributed by atoms with Crippen molar-refractivity contribution in [1.29, 1.82) is 0 Å². The van der Waals surface area contributed by atoms with Crippen LogP contribution in [-0.2, 0) is 0 Å². The van der Waals surface area contributed by atoms with Crippen LogP contribution >= 0.6 is 15.9 Å². The Morgan fingerprint density at radius 3 is 3.00 bits per heavy atom. The highest BCUT2D eigenvalue weighted by molar-refractivity contribution is 9.10. The van der Waals surface area contributed by atoms with Crippen molar-refractivity contribution >= 4 is 21.6 Å². The molecule has 0 aliphatic heterocycles. The lowest BCUT2D eigenvalue weighted by atomic mass is 10.2. The van der Waals surface area contributed by atoms with E-state index in [0.29, 0.717) is 12.5 Å². The predicted octanol–water partition coefficient (Wildman–Crippen LogP) is 2.03. The summed E-state index contributed by atoms with van der Waals surface area (Å²) in [5.41, 5.74) is 0.944. The van der Waals surface area contributed by atoms with Crippen LogP contribution in [0.3, 0.4) is 0 Å². The lowest BCUT2D eigenvalue weighted by Gasteiger charge is -2.11. The Morgan fingerprint density at radius 2 is 2.36 bits per heavy atom. The zero-order valence-corrected chi connectivity index (χ0v) is 9.37. The molecular weight excluding hydrogens is 244 g/mol. The first-order chi connectivity index (χ1) is 6.75. The minimum absolute atomic E-state index is 0.214. The van der Waals surface area contributed by atoms with Gasteiger partial charge in [-0.2, -0.15) is 0 Å². The molecule has 1 saturated carbocycles. The van der Waals surface area contributed by atoms with Crippen LogP contribution in [0.15, 0.2) is 22.9 Å². The Hall–Kier alpha value is -0.610. The summed E-state index contributed by atoms with van der Waals surface area (Å²) in [7, 11) is 0. The van der Waals surface area contributed by atoms with Crippen LogP contribution in [0.2, 0.25) is 0 Å². The van der Waals surface area contributed by atoms with Crippen LogP contribution in [-0.4, -0.2) is 22.7 Å². The third-order valence-corrected chi connectivity index (χ3v) is 2.82. The molecule has 0 amide bonds. The topological polar surface area (TPSA) is 45.1 Å². The summed E-state index contributed by atoms with van der Waals surface area (Å²) in [4.78, 5) is 4.03. The van der Waals surface area contributed by atoms with Gasteiger partial charge in [-0.3, -0.25) is 4.98 Å². The van der Waals surface area contributed by atoms with Gasteiger partial charge in [0, 0.05) is 17.2 Å². The molecule has 76 valence electrons. The predicted molar refractivity (Wildman–Crippen MR) is 59.2 cm³/mol. The molecule has 3 nitrogen and oxygen atoms in total. The van der Waals surface area contributed by atoms with E-state index in [0.717, 1.165) is 10.2 Å². The zero-order valence-electron chi connectivity index (χ0n) is 7.78. The summed E-state index contributed by atoms with van der Waals surface area (Å²) in [6, 6.07) is 1.95. The van der Waals surface area contributed by atoms with Crippen molar-refractivity contribution in [3.8, 4) is 0 Å². The van der Waals surface area contributed by atoms with Gasteiger partial charge in [-0.15, -0.1) is 0 Å². The third-order valence-electron chi connectivity index (χ3n) is 2.39. The fourth-order valence-electron chi connectivity index (χ4n) is 1.38. The van der Waals surface area contributed by atoms with Gasteiger partial charge >= 0.3 is 0 Å². The van der Waals surface area contributed by atoms with Gasteiger partial charge in [-0.05, 0) is 40.8 Å². The summed E-state index contributed by atoms with van der Waals surface area (Å²) in [6.45, 7) is 0.614. The number of aromatic nitrogens is 1. The average molecular weight is 257 g/mol. The van der Waals surface area contributed by atoms with Gasteiger partial charge in [0.2, 0.25) is 0 Å². The molecule has 1 fully saturated rings. The Balaban J connectivity index is 1.84. The number of nitrogens with one attached hydrogen (secondary N) is 1. The highest BCUT2D eigenvalue weighted by Gasteiger charge is 2.29. The number of hydrogen-bond donors (Lipinski definition) is 2. The molecule has 0 aromatic carbocycles. The van der Waals surface area contributed by atoms with Gasteiger partial charge in [-0.1, -0.05) is 0 Å². The van der Waals surface area contributed by atoms with Crippen molar-refractivity contribution in [3.05, 3.63) is 22.9 Å². The molecule has 0 spiro atoms. The van der Waals surface area contributed by atoms with Crippen molar-refractivity contribution < 1.29 is 5.11 Å². The van der Waals surface area contributed by atoms with Gasteiger partial charge in [0.15, 0.2) is 0 Å². The van der Waals surface area contributed by atoms with E-state index in [1.54, 1.807) is 12.4 Å². The molecule has 2 rings (SSSR count). The number of pyridine rings is 1. The Labute approximate surface area is 91.7 Å². The quantitative estimate of drug-likeness (QED) is 0.867. The number of aliphatic hydroxyl groups excluding tert-OH is 1. The number of hydrogen-bond acceptors (Lipinski definition) is 3. The molecule has 1 aliphatic rings. The number of rotatable bonds is 4. The van der Waals surface area contributed by atoms with E-state index in [9.17, 15) is 5.11 Å². The van der Waals surface area contributed by atoms with Gasteiger partial charge in [0.1, 0.15) is 0 Å². The fourth-order valence-corrected chi connectivity index (χ4v) is 1.74. The summed E-state index contributed by atoms with van der Waals surface area (Å²) in [5, 5.41) is 12.8. The van der Waals surface area contributed by atoms with Crippen LogP contribution in [0, 0.1) is 5.92 Å². The second-order valence-electron chi connectivity index (χ2n) is 3.68. The molecule has 14 heavy (non-hydrogen) atoms. The highest BCUT2D eigenvalue weighted by Crippen LogP contribution is 2.32. The second-order valence-corrected chi connectivity index (χ2v) is 4.59. The lowest BCUT2D eigenvalue weighted by Crippen LogP contribution is -2.21. The normalized spacial score (nSPS) is 17.9. The third kappa shape index (κ3) is 2.69. The molecule has 0 bridgehead atoms. The summed E-state index contributed by atoms with van der Waals surface area (Å²) >= 11 is 3.35. The van der Waals surface area contributed by atoms with Crippen LogP contribution in [0.1, 0.15) is 12.8 Å². The minimum atomic E-state index is -0.214. The Bertz CT molecular complexity index is 315. The monoisotopic (exact) mass is 256 g/mol. The van der Waals surface area contributed by atoms with Crippen molar-refractivity contribution in [2.75, 3.05) is 11.9 Å². The summed E-state index contributed by atoms with van der Waals surface area (Å²) in [5.74, 6) is 0.516. The summed E-state index contributed by atoms with van der Waals surface area (Å²) < 4.78 is 0.948. The van der Waals surface area contributed by atoms with E-state index in [2.05, 4.69) is 26.2 Å². The van der Waals surface area contributed by atoms with E-state index < -0.39 is 0 Å². The van der Waals surface area contributed by atoms with E-state index in [1.165, 1.54) is 12.8 Å². The SMILES string of the molecule is O[C@H](CNc1cncc(Br)c1)C1CC1. The Morgan fingerprint density at radius 1 is 1.57 bits per heavy atom. The standard InChI is InChI=1S/C10H13BrN2O/c11-8-3-9(5-12-4-8)13-6-10(14)7-1-2-7/h3-5,7,10,13-14H,1-2,6H2/t10-/m1/s1. The van der Waals surface area contributed by atoms with Gasteiger partial charge in [-0.25, -0.2) is 0 Å². The minimum Gasteiger partial charge on any atom is -0.391 e. The molecular formula is C10H13BrN2O. The molecule has 1 aromatic heterocycles. The van der Waals surface area contributed by atoms with Crippen molar-refractivity contribution in [2.45, 2.75) is 18.9 Å². The first kappa shape index (κ1) is 9.93. The molecule has 1 aromatic rings. The Kier molecular flexibility index (Phi) is 3.03. The lowest BCUT2D eigenvalue weighted by molar-refractivity contribution is 0.164. The smallest absolute Gasteiger partial charge is 0.0740 e. The molecule has 1 aliphatic carbocycles. The van der Waals surface area contributed by atoms with Gasteiger partial charge < -0.3 is 10.4 Å². The largest absolute Gasteiger partial charge is 0.391 e. The highest BCUT2D eigenvalue weighted by atomic mass is 79.9. The molecule has 0 unspecified atom stereocenters. The molecule has 1 heterocycles. The van der Waals surface area contributed by atoms with E-state index in [1.807, 2.05) is 6.07 Å². The van der Waals surface area contributed by atoms with Crippen molar-refractivity contribution in [3.63, 3.8) is 0 Å².